The van der Waals surface area contributed by atoms with Gasteiger partial charge in [0.15, 0.2) is 5.75 Å². The van der Waals surface area contributed by atoms with E-state index in [9.17, 15) is 10.1 Å². The normalized spacial score (nSPS) is 10.9. The van der Waals surface area contributed by atoms with Crippen LogP contribution < -0.4 is 4.74 Å². The second-order valence-corrected chi connectivity index (χ2v) is 5.41. The van der Waals surface area contributed by atoms with Gasteiger partial charge in [0.25, 0.3) is 0 Å². The molecule has 6 heteroatoms. The van der Waals surface area contributed by atoms with Gasteiger partial charge in [0.05, 0.1) is 23.0 Å². The van der Waals surface area contributed by atoms with Crippen molar-refractivity contribution in [3.05, 3.63) is 33.9 Å². The van der Waals surface area contributed by atoms with Gasteiger partial charge in [0.1, 0.15) is 0 Å². The van der Waals surface area contributed by atoms with E-state index in [0.29, 0.717) is 19.4 Å². The van der Waals surface area contributed by atoms with Crippen molar-refractivity contribution in [3.8, 4) is 11.8 Å². The van der Waals surface area contributed by atoms with Gasteiger partial charge in [-0.1, -0.05) is 6.07 Å². The average molecular weight is 297 g/mol. The third-order valence-electron chi connectivity index (χ3n) is 2.88. The number of nitro groups is 1. The van der Waals surface area contributed by atoms with Crippen LogP contribution in [0.1, 0.15) is 32.3 Å². The molecule has 0 N–H and O–H groups in total. The third kappa shape index (κ3) is 4.71. The number of ether oxygens (including phenoxy) is 1. The minimum Gasteiger partial charge on any atom is -0.487 e. The van der Waals surface area contributed by atoms with Crippen LogP contribution in [0.15, 0.2) is 18.2 Å². The fourth-order valence-electron chi connectivity index (χ4n) is 1.66. The van der Waals surface area contributed by atoms with E-state index in [4.69, 9.17) is 21.6 Å². The summed E-state index contributed by atoms with van der Waals surface area (Å²) in [6.07, 6.45) is 1.33. The largest absolute Gasteiger partial charge is 0.487 e. The number of hydrogen-bond acceptors (Lipinski definition) is 4. The quantitative estimate of drug-likeness (QED) is 0.329. The number of nitrogens with zero attached hydrogens (tertiary/aromatic N) is 2. The summed E-state index contributed by atoms with van der Waals surface area (Å²) in [5.74, 6) is 0.499. The minimum atomic E-state index is -0.480. The Labute approximate surface area is 123 Å². The van der Waals surface area contributed by atoms with Crippen molar-refractivity contribution >= 4 is 17.3 Å². The molecule has 0 saturated carbocycles. The second kappa shape index (κ2) is 7.11. The first-order chi connectivity index (χ1) is 9.39. The summed E-state index contributed by atoms with van der Waals surface area (Å²) in [5.41, 5.74) is 0.288. The monoisotopic (exact) mass is 296 g/mol. The first-order valence-corrected chi connectivity index (χ1v) is 6.80. The number of hydrogen-bond donors (Lipinski definition) is 0. The topological polar surface area (TPSA) is 76.2 Å². The van der Waals surface area contributed by atoms with E-state index in [1.165, 1.54) is 6.07 Å². The highest BCUT2D eigenvalue weighted by Crippen LogP contribution is 2.29. The highest BCUT2D eigenvalue weighted by Gasteiger charge is 2.18. The van der Waals surface area contributed by atoms with Crippen molar-refractivity contribution in [3.63, 3.8) is 0 Å². The van der Waals surface area contributed by atoms with Crippen LogP contribution in [-0.4, -0.2) is 11.5 Å². The average Bonchev–Trinajstić information content (AvgIpc) is 2.43. The van der Waals surface area contributed by atoms with E-state index in [1.54, 1.807) is 12.1 Å². The predicted molar refractivity (Wildman–Crippen MR) is 76.8 cm³/mol. The summed E-state index contributed by atoms with van der Waals surface area (Å²) in [7, 11) is 0. The Morgan fingerprint density at radius 2 is 2.20 bits per heavy atom. The van der Waals surface area contributed by atoms with Crippen LogP contribution in [0.5, 0.6) is 5.75 Å². The van der Waals surface area contributed by atoms with Crippen molar-refractivity contribution in [2.45, 2.75) is 32.6 Å². The second-order valence-electron chi connectivity index (χ2n) is 5.14. The Balaban J connectivity index is 2.67. The number of rotatable bonds is 7. The zero-order valence-electron chi connectivity index (χ0n) is 11.6. The Morgan fingerprint density at radius 1 is 1.50 bits per heavy atom. The van der Waals surface area contributed by atoms with Gasteiger partial charge in [0.2, 0.25) is 0 Å². The van der Waals surface area contributed by atoms with E-state index in [-0.39, 0.29) is 17.3 Å². The van der Waals surface area contributed by atoms with Crippen LogP contribution in [0, 0.1) is 26.9 Å². The van der Waals surface area contributed by atoms with Crippen molar-refractivity contribution in [1.82, 2.24) is 0 Å². The molecular weight excluding hydrogens is 280 g/mol. The summed E-state index contributed by atoms with van der Waals surface area (Å²) in [6.45, 7) is 4.03. The van der Waals surface area contributed by atoms with Gasteiger partial charge >= 0.3 is 5.69 Å². The maximum Gasteiger partial charge on any atom is 0.310 e. The van der Waals surface area contributed by atoms with Gasteiger partial charge in [-0.3, -0.25) is 10.1 Å². The Bertz CT molecular complexity index is 524. The molecule has 1 aromatic carbocycles. The number of halogens is 1. The van der Waals surface area contributed by atoms with Crippen LogP contribution in [0.3, 0.4) is 0 Å². The molecule has 0 bridgehead atoms. The summed E-state index contributed by atoms with van der Waals surface area (Å²) >= 11 is 5.71. The Hall–Kier alpha value is -1.80. The molecule has 108 valence electrons. The van der Waals surface area contributed by atoms with Crippen molar-refractivity contribution < 1.29 is 9.66 Å². The lowest BCUT2D eigenvalue weighted by atomic mass is 9.90. The summed E-state index contributed by atoms with van der Waals surface area (Å²) in [5, 5.41) is 19.8. The van der Waals surface area contributed by atoms with Crippen LogP contribution in [0.4, 0.5) is 5.69 Å². The van der Waals surface area contributed by atoms with Gasteiger partial charge in [0, 0.05) is 11.9 Å². The Kier molecular flexibility index (Phi) is 5.78. The maximum atomic E-state index is 10.9. The molecule has 5 nitrogen and oxygen atoms in total. The summed E-state index contributed by atoms with van der Waals surface area (Å²) < 4.78 is 5.47. The molecule has 0 aromatic heterocycles. The third-order valence-corrected chi connectivity index (χ3v) is 3.19. The number of alkyl halides is 1. The molecule has 20 heavy (non-hydrogen) atoms. The van der Waals surface area contributed by atoms with Gasteiger partial charge in [-0.2, -0.15) is 5.26 Å². The minimum absolute atomic E-state index is 0.0709. The summed E-state index contributed by atoms with van der Waals surface area (Å²) in [4.78, 5) is 10.4. The summed E-state index contributed by atoms with van der Waals surface area (Å²) in [6, 6.07) is 6.79. The molecule has 1 rings (SSSR count). The van der Waals surface area contributed by atoms with Crippen LogP contribution >= 0.6 is 11.6 Å². The molecular formula is C14H17ClN2O3. The number of nitriles is 1. The lowest BCUT2D eigenvalue weighted by molar-refractivity contribution is -0.385. The van der Waals surface area contributed by atoms with Crippen LogP contribution in [0.25, 0.3) is 0 Å². The standard InChI is InChI=1S/C14H17ClN2O3/c1-14(2,10-16)6-3-7-20-13-8-11(9-15)4-5-12(13)17(18)19/h4-5,8H,3,6-7,9H2,1-2H3. The first kappa shape index (κ1) is 16.3. The van der Waals surface area contributed by atoms with E-state index in [2.05, 4.69) is 6.07 Å². The van der Waals surface area contributed by atoms with Gasteiger partial charge in [-0.25, -0.2) is 0 Å². The highest BCUT2D eigenvalue weighted by atomic mass is 35.5. The number of nitro benzene ring substituents is 1. The zero-order valence-corrected chi connectivity index (χ0v) is 12.3. The molecule has 0 saturated heterocycles. The number of benzene rings is 1. The van der Waals surface area contributed by atoms with Gasteiger partial charge < -0.3 is 4.74 Å². The highest BCUT2D eigenvalue weighted by molar-refractivity contribution is 6.17. The molecule has 0 aliphatic heterocycles. The molecule has 0 heterocycles. The molecule has 0 aliphatic rings. The molecule has 0 unspecified atom stereocenters. The van der Waals surface area contributed by atoms with Gasteiger partial charge in [-0.15, -0.1) is 11.6 Å². The first-order valence-electron chi connectivity index (χ1n) is 6.27. The fourth-order valence-corrected chi connectivity index (χ4v) is 1.83. The van der Waals surface area contributed by atoms with Crippen LogP contribution in [0.2, 0.25) is 0 Å². The van der Waals surface area contributed by atoms with E-state index in [0.717, 1.165) is 5.56 Å². The lowest BCUT2D eigenvalue weighted by Gasteiger charge is -2.14. The predicted octanol–water partition coefficient (Wildman–Crippen LogP) is 4.04. The van der Waals surface area contributed by atoms with Crippen molar-refractivity contribution in [1.29, 1.82) is 5.26 Å². The zero-order chi connectivity index (χ0) is 15.2. The van der Waals surface area contributed by atoms with E-state index in [1.807, 2.05) is 13.8 Å². The lowest BCUT2D eigenvalue weighted by Crippen LogP contribution is -2.10. The molecule has 0 spiro atoms. The molecule has 0 radical (unpaired) electrons. The van der Waals surface area contributed by atoms with Crippen molar-refractivity contribution in [2.75, 3.05) is 6.61 Å². The van der Waals surface area contributed by atoms with E-state index >= 15 is 0 Å². The molecule has 0 fully saturated rings. The van der Waals surface area contributed by atoms with Crippen molar-refractivity contribution in [2.24, 2.45) is 5.41 Å². The molecule has 1 aromatic rings. The molecule has 0 aliphatic carbocycles. The maximum absolute atomic E-state index is 10.9. The van der Waals surface area contributed by atoms with Crippen LogP contribution in [-0.2, 0) is 5.88 Å². The fraction of sp³-hybridized carbons (Fsp3) is 0.500. The SMILES string of the molecule is CC(C)(C#N)CCCOc1cc(CCl)ccc1[N+](=O)[O-]. The molecule has 0 atom stereocenters. The van der Waals surface area contributed by atoms with E-state index < -0.39 is 10.3 Å². The smallest absolute Gasteiger partial charge is 0.310 e. The van der Waals surface area contributed by atoms with Gasteiger partial charge in [-0.05, 0) is 38.3 Å². The molecule has 0 amide bonds. The Morgan fingerprint density at radius 3 is 2.75 bits per heavy atom.